The molecule has 0 aromatic heterocycles. The molecule has 0 saturated heterocycles. The van der Waals surface area contributed by atoms with Gasteiger partial charge in [-0.25, -0.2) is 0 Å². The maximum absolute atomic E-state index is 9.02. The van der Waals surface area contributed by atoms with Crippen LogP contribution in [-0.2, 0) is 0 Å². The fraction of sp³-hybridized carbons (Fsp3) is 0.125. The van der Waals surface area contributed by atoms with Crippen LogP contribution in [-0.4, -0.2) is 10.6 Å². The molecule has 1 rings (SSSR count). The summed E-state index contributed by atoms with van der Waals surface area (Å²) >= 11 is 3.30. The number of benzene rings is 1. The van der Waals surface area contributed by atoms with E-state index in [0.717, 1.165) is 10.0 Å². The van der Waals surface area contributed by atoms with Crippen LogP contribution in [0.25, 0.3) is 0 Å². The van der Waals surface area contributed by atoms with Gasteiger partial charge in [-0.15, -0.1) is 0 Å². The lowest BCUT2D eigenvalue weighted by Crippen LogP contribution is -1.91. The third-order valence-corrected chi connectivity index (χ3v) is 1.79. The largest absolute Gasteiger partial charge is 0.320 e. The first kappa shape index (κ1) is 7.48. The van der Waals surface area contributed by atoms with E-state index in [0.29, 0.717) is 5.78 Å². The summed E-state index contributed by atoms with van der Waals surface area (Å²) in [7, 11) is 0. The van der Waals surface area contributed by atoms with Gasteiger partial charge in [-0.3, -0.25) is 4.79 Å². The minimum Gasteiger partial charge on any atom is -0.278 e. The minimum atomic E-state index is 0.354. The molecule has 1 aromatic carbocycles. The molecule has 0 atom stereocenters. The SMILES string of the molecule is CC(=[OH+])c1ccc(Br)cc1. The van der Waals surface area contributed by atoms with Crippen LogP contribution in [0.15, 0.2) is 28.7 Å². The van der Waals surface area contributed by atoms with Crippen molar-refractivity contribution in [2.75, 3.05) is 0 Å². The Labute approximate surface area is 68.2 Å². The molecule has 0 aliphatic carbocycles. The van der Waals surface area contributed by atoms with Gasteiger partial charge in [-0.05, 0) is 24.3 Å². The van der Waals surface area contributed by atoms with E-state index in [9.17, 15) is 0 Å². The second kappa shape index (κ2) is 2.97. The summed E-state index contributed by atoms with van der Waals surface area (Å²) in [5.74, 6) is 0.354. The first-order valence-electron chi connectivity index (χ1n) is 2.98. The fourth-order valence-electron chi connectivity index (χ4n) is 0.691. The Kier molecular flexibility index (Phi) is 2.22. The van der Waals surface area contributed by atoms with Gasteiger partial charge in [0, 0.05) is 4.47 Å². The number of carbonyl (C=O) groups excluding carboxylic acids is 1. The summed E-state index contributed by atoms with van der Waals surface area (Å²) in [5.41, 5.74) is 0.864. The first-order chi connectivity index (χ1) is 4.70. The maximum Gasteiger partial charge on any atom is 0.320 e. The summed E-state index contributed by atoms with van der Waals surface area (Å²) < 4.78 is 1.03. The molecule has 1 N–H and O–H groups in total. The minimum absolute atomic E-state index is 0.354. The summed E-state index contributed by atoms with van der Waals surface area (Å²) in [4.78, 5) is 9.02. The molecule has 0 heterocycles. The molecule has 0 radical (unpaired) electrons. The Morgan fingerprint density at radius 2 is 1.80 bits per heavy atom. The number of hydrogen-bond acceptors (Lipinski definition) is 0. The average Bonchev–Trinajstić information content (AvgIpc) is 1.88. The summed E-state index contributed by atoms with van der Waals surface area (Å²) in [6.07, 6.45) is 0. The van der Waals surface area contributed by atoms with Crippen molar-refractivity contribution in [1.82, 2.24) is 0 Å². The lowest BCUT2D eigenvalue weighted by Gasteiger charge is -1.89. The van der Waals surface area contributed by atoms with Gasteiger partial charge in [0.2, 0.25) is 0 Å². The van der Waals surface area contributed by atoms with Crippen molar-refractivity contribution in [1.29, 1.82) is 0 Å². The van der Waals surface area contributed by atoms with Gasteiger partial charge in [-0.1, -0.05) is 15.9 Å². The van der Waals surface area contributed by atoms with Gasteiger partial charge < -0.3 is 0 Å². The Morgan fingerprint density at radius 3 is 2.20 bits per heavy atom. The molecule has 1 aromatic rings. The third-order valence-electron chi connectivity index (χ3n) is 1.26. The predicted molar refractivity (Wildman–Crippen MR) is 45.9 cm³/mol. The van der Waals surface area contributed by atoms with Crippen LogP contribution in [0.5, 0.6) is 0 Å². The van der Waals surface area contributed by atoms with Crippen LogP contribution in [0.4, 0.5) is 0 Å². The Morgan fingerprint density at radius 1 is 1.30 bits per heavy atom. The molecule has 10 heavy (non-hydrogen) atoms. The highest BCUT2D eigenvalue weighted by atomic mass is 79.9. The number of hydrogen-bond donors (Lipinski definition) is 0. The quantitative estimate of drug-likeness (QED) is 0.490. The van der Waals surface area contributed by atoms with Gasteiger partial charge in [0.05, 0.1) is 12.5 Å². The van der Waals surface area contributed by atoms with Crippen molar-refractivity contribution < 1.29 is 4.79 Å². The van der Waals surface area contributed by atoms with Crippen molar-refractivity contribution in [3.8, 4) is 0 Å². The molecule has 0 fully saturated rings. The van der Waals surface area contributed by atoms with Crippen LogP contribution in [0.3, 0.4) is 0 Å². The zero-order chi connectivity index (χ0) is 7.56. The van der Waals surface area contributed by atoms with E-state index < -0.39 is 0 Å². The molecule has 2 heteroatoms. The Balaban J connectivity index is 3.00. The molecule has 0 bridgehead atoms. The van der Waals surface area contributed by atoms with E-state index >= 15 is 0 Å². The summed E-state index contributed by atoms with van der Waals surface area (Å²) in [6.45, 7) is 1.67. The smallest absolute Gasteiger partial charge is 0.278 e. The predicted octanol–water partition coefficient (Wildman–Crippen LogP) is 2.36. The lowest BCUT2D eigenvalue weighted by atomic mass is 10.2. The highest BCUT2D eigenvalue weighted by molar-refractivity contribution is 9.10. The Bertz CT molecular complexity index is 238. The van der Waals surface area contributed by atoms with Gasteiger partial charge in [0.15, 0.2) is 0 Å². The van der Waals surface area contributed by atoms with Crippen molar-refractivity contribution in [2.24, 2.45) is 0 Å². The fourth-order valence-corrected chi connectivity index (χ4v) is 0.955. The molecule has 0 saturated carbocycles. The molecule has 52 valence electrons. The van der Waals surface area contributed by atoms with Crippen LogP contribution >= 0.6 is 15.9 Å². The van der Waals surface area contributed by atoms with E-state index in [1.807, 2.05) is 24.3 Å². The molecule has 0 aliphatic rings. The molecular weight excluding hydrogens is 192 g/mol. The van der Waals surface area contributed by atoms with Gasteiger partial charge in [-0.2, -0.15) is 0 Å². The van der Waals surface area contributed by atoms with Crippen molar-refractivity contribution in [3.63, 3.8) is 0 Å². The molecular formula is C8H8BrO+. The molecule has 0 aliphatic heterocycles. The zero-order valence-electron chi connectivity index (χ0n) is 5.63. The zero-order valence-corrected chi connectivity index (χ0v) is 7.22. The van der Waals surface area contributed by atoms with Crippen LogP contribution in [0.2, 0.25) is 0 Å². The maximum atomic E-state index is 9.02. The average molecular weight is 200 g/mol. The van der Waals surface area contributed by atoms with Crippen LogP contribution < -0.4 is 0 Å². The van der Waals surface area contributed by atoms with E-state index in [1.165, 1.54) is 0 Å². The standard InChI is InChI=1S/C8H7BrO/c1-6(10)7-2-4-8(9)5-3-7/h2-5H,1H3/p+1. The van der Waals surface area contributed by atoms with Gasteiger partial charge in [0.1, 0.15) is 0 Å². The van der Waals surface area contributed by atoms with Gasteiger partial charge >= 0.3 is 5.78 Å². The van der Waals surface area contributed by atoms with Crippen molar-refractivity contribution in [2.45, 2.75) is 6.92 Å². The normalized spacial score (nSPS) is 9.40. The van der Waals surface area contributed by atoms with Crippen molar-refractivity contribution in [3.05, 3.63) is 34.3 Å². The molecule has 0 spiro atoms. The topological polar surface area (TPSA) is 21.4 Å². The van der Waals surface area contributed by atoms with E-state index in [4.69, 9.17) is 4.79 Å². The van der Waals surface area contributed by atoms with E-state index in [2.05, 4.69) is 15.9 Å². The van der Waals surface area contributed by atoms with Crippen LogP contribution in [0.1, 0.15) is 12.5 Å². The highest BCUT2D eigenvalue weighted by Gasteiger charge is 2.02. The Hall–Kier alpha value is -0.630. The number of rotatable bonds is 1. The summed E-state index contributed by atoms with van der Waals surface area (Å²) in [6, 6.07) is 7.52. The highest BCUT2D eigenvalue weighted by Crippen LogP contribution is 2.10. The lowest BCUT2D eigenvalue weighted by molar-refractivity contribution is 0.675. The third kappa shape index (κ3) is 1.67. The molecule has 0 unspecified atom stereocenters. The summed E-state index contributed by atoms with van der Waals surface area (Å²) in [5, 5.41) is 0. The first-order valence-corrected chi connectivity index (χ1v) is 3.78. The van der Waals surface area contributed by atoms with Gasteiger partial charge in [0.25, 0.3) is 0 Å². The number of ketones is 1. The second-order valence-electron chi connectivity index (χ2n) is 2.09. The van der Waals surface area contributed by atoms with Crippen LogP contribution in [0, 0.1) is 0 Å². The van der Waals surface area contributed by atoms with E-state index in [-0.39, 0.29) is 0 Å². The van der Waals surface area contributed by atoms with Crippen molar-refractivity contribution >= 4 is 21.7 Å². The molecule has 0 amide bonds. The second-order valence-corrected chi connectivity index (χ2v) is 3.01. The molecule has 1 nitrogen and oxygen atoms in total. The number of halogens is 1. The van der Waals surface area contributed by atoms with E-state index in [1.54, 1.807) is 6.92 Å². The monoisotopic (exact) mass is 199 g/mol.